The fourth-order valence-electron chi connectivity index (χ4n) is 5.22. The van der Waals surface area contributed by atoms with Gasteiger partial charge < -0.3 is 4.74 Å². The number of imide groups is 1. The van der Waals surface area contributed by atoms with Gasteiger partial charge in [-0.15, -0.1) is 0 Å². The van der Waals surface area contributed by atoms with Gasteiger partial charge in [0.2, 0.25) is 11.8 Å². The van der Waals surface area contributed by atoms with Crippen LogP contribution < -0.4 is 4.74 Å². The van der Waals surface area contributed by atoms with Crippen LogP contribution in [0.25, 0.3) is 0 Å². The number of hydrogen-bond acceptors (Lipinski definition) is 5. The zero-order valence-corrected chi connectivity index (χ0v) is 18.0. The van der Waals surface area contributed by atoms with Crippen molar-refractivity contribution in [2.24, 2.45) is 11.8 Å². The largest absolute Gasteiger partial charge is 0.497 e. The molecule has 2 fully saturated rings. The van der Waals surface area contributed by atoms with Crippen molar-refractivity contribution in [2.45, 2.75) is 19.5 Å². The Kier molecular flexibility index (Phi) is 5.50. The number of carbonyl (C=O) groups is 2. The maximum Gasteiger partial charge on any atom is 0.234 e. The molecule has 3 heterocycles. The lowest BCUT2D eigenvalue weighted by Crippen LogP contribution is -2.42. The molecule has 3 aliphatic heterocycles. The Labute approximate surface area is 183 Å². The summed E-state index contributed by atoms with van der Waals surface area (Å²) in [4.78, 5) is 32.1. The van der Waals surface area contributed by atoms with E-state index in [1.807, 2.05) is 24.3 Å². The summed E-state index contributed by atoms with van der Waals surface area (Å²) in [5, 5.41) is 0. The number of benzene rings is 2. The van der Waals surface area contributed by atoms with Gasteiger partial charge in [-0.3, -0.25) is 24.3 Å². The normalized spacial score (nSPS) is 23.8. The average Bonchev–Trinajstić information content (AvgIpc) is 3.31. The van der Waals surface area contributed by atoms with Gasteiger partial charge in [-0.2, -0.15) is 0 Å². The molecular weight excluding hydrogens is 390 g/mol. The monoisotopic (exact) mass is 419 g/mol. The molecule has 2 amide bonds. The van der Waals surface area contributed by atoms with Gasteiger partial charge in [-0.1, -0.05) is 36.4 Å². The van der Waals surface area contributed by atoms with E-state index in [0.29, 0.717) is 19.6 Å². The Morgan fingerprint density at radius 3 is 2.23 bits per heavy atom. The Bertz CT molecular complexity index is 950. The zero-order chi connectivity index (χ0) is 21.4. The minimum absolute atomic E-state index is 0.0182. The van der Waals surface area contributed by atoms with Crippen molar-refractivity contribution in [3.05, 3.63) is 65.2 Å². The molecule has 5 rings (SSSR count). The van der Waals surface area contributed by atoms with Crippen LogP contribution in [0.15, 0.2) is 48.5 Å². The summed E-state index contributed by atoms with van der Waals surface area (Å²) in [6, 6.07) is 16.5. The molecule has 0 aromatic heterocycles. The molecular formula is C25H29N3O3. The fourth-order valence-corrected chi connectivity index (χ4v) is 5.22. The first kappa shape index (κ1) is 20.2. The molecule has 2 aromatic rings. The van der Waals surface area contributed by atoms with E-state index in [4.69, 9.17) is 4.74 Å². The number of carbonyl (C=O) groups excluding carboxylic acids is 2. The summed E-state index contributed by atoms with van der Waals surface area (Å²) in [6.45, 7) is 5.21. The standard InChI is InChI=1S/C25H29N3O3/c1-31-21-8-6-18(7-9-21)14-27-16-22-23(17-27)25(30)28(24(22)29)13-12-26-11-10-19-4-2-3-5-20(19)15-26/h2-9,22-23H,10-17H2,1H3/t22-,23+. The number of ether oxygens (including phenoxy) is 1. The molecule has 0 saturated carbocycles. The van der Waals surface area contributed by atoms with Gasteiger partial charge in [0, 0.05) is 45.8 Å². The maximum atomic E-state index is 13.0. The molecule has 2 aromatic carbocycles. The van der Waals surface area contributed by atoms with Crippen molar-refractivity contribution in [1.29, 1.82) is 0 Å². The van der Waals surface area contributed by atoms with Gasteiger partial charge in [-0.25, -0.2) is 0 Å². The second-order valence-corrected chi connectivity index (χ2v) is 8.88. The van der Waals surface area contributed by atoms with Crippen LogP contribution in [0.2, 0.25) is 0 Å². The first-order chi connectivity index (χ1) is 15.1. The SMILES string of the molecule is COc1ccc(CN2C[C@@H]3C(=O)N(CCN4CCc5ccccc5C4)C(=O)[C@@H]3C2)cc1. The Morgan fingerprint density at radius 1 is 0.871 bits per heavy atom. The summed E-state index contributed by atoms with van der Waals surface area (Å²) >= 11 is 0. The topological polar surface area (TPSA) is 53.1 Å². The van der Waals surface area contributed by atoms with Crippen molar-refractivity contribution in [1.82, 2.24) is 14.7 Å². The molecule has 3 aliphatic rings. The van der Waals surface area contributed by atoms with Crippen LogP contribution in [-0.4, -0.2) is 66.3 Å². The van der Waals surface area contributed by atoms with Crippen molar-refractivity contribution in [3.8, 4) is 5.75 Å². The van der Waals surface area contributed by atoms with E-state index in [1.54, 1.807) is 7.11 Å². The van der Waals surface area contributed by atoms with Crippen LogP contribution in [0.5, 0.6) is 5.75 Å². The predicted molar refractivity (Wildman–Crippen MR) is 117 cm³/mol. The van der Waals surface area contributed by atoms with E-state index >= 15 is 0 Å². The predicted octanol–water partition coefficient (Wildman–Crippen LogP) is 2.17. The minimum Gasteiger partial charge on any atom is -0.497 e. The molecule has 0 radical (unpaired) electrons. The summed E-state index contributed by atoms with van der Waals surface area (Å²) in [7, 11) is 1.66. The van der Waals surface area contributed by atoms with Crippen molar-refractivity contribution in [2.75, 3.05) is 39.8 Å². The third-order valence-corrected chi connectivity index (χ3v) is 6.98. The van der Waals surface area contributed by atoms with Crippen LogP contribution in [0.3, 0.4) is 0 Å². The summed E-state index contributed by atoms with van der Waals surface area (Å²) in [5.74, 6) is 0.496. The van der Waals surface area contributed by atoms with Gasteiger partial charge in [0.1, 0.15) is 5.75 Å². The highest BCUT2D eigenvalue weighted by atomic mass is 16.5. The summed E-state index contributed by atoms with van der Waals surface area (Å²) < 4.78 is 5.21. The molecule has 0 unspecified atom stereocenters. The van der Waals surface area contributed by atoms with Gasteiger partial charge in [0.15, 0.2) is 0 Å². The lowest BCUT2D eigenvalue weighted by atomic mass is 10.00. The van der Waals surface area contributed by atoms with Gasteiger partial charge in [-0.05, 0) is 35.2 Å². The van der Waals surface area contributed by atoms with Gasteiger partial charge in [0.05, 0.1) is 18.9 Å². The van der Waals surface area contributed by atoms with Gasteiger partial charge in [0.25, 0.3) is 0 Å². The summed E-state index contributed by atoms with van der Waals surface area (Å²) in [6.07, 6.45) is 1.03. The fraction of sp³-hybridized carbons (Fsp3) is 0.440. The first-order valence-electron chi connectivity index (χ1n) is 11.1. The molecule has 0 spiro atoms. The van der Waals surface area contributed by atoms with Crippen LogP contribution in [0.4, 0.5) is 0 Å². The number of nitrogens with zero attached hydrogens (tertiary/aromatic N) is 3. The smallest absolute Gasteiger partial charge is 0.234 e. The van der Waals surface area contributed by atoms with Crippen LogP contribution in [0.1, 0.15) is 16.7 Å². The van der Waals surface area contributed by atoms with E-state index in [0.717, 1.165) is 38.3 Å². The van der Waals surface area contributed by atoms with Crippen molar-refractivity contribution in [3.63, 3.8) is 0 Å². The zero-order valence-electron chi connectivity index (χ0n) is 18.0. The second kappa shape index (κ2) is 8.44. The lowest BCUT2D eigenvalue weighted by molar-refractivity contribution is -0.140. The first-order valence-corrected chi connectivity index (χ1v) is 11.1. The van der Waals surface area contributed by atoms with E-state index in [2.05, 4.69) is 34.1 Å². The highest BCUT2D eigenvalue weighted by Crippen LogP contribution is 2.34. The molecule has 2 saturated heterocycles. The molecule has 2 atom stereocenters. The molecule has 0 aliphatic carbocycles. The molecule has 6 heteroatoms. The highest BCUT2D eigenvalue weighted by molar-refractivity contribution is 6.05. The van der Waals surface area contributed by atoms with Crippen molar-refractivity contribution < 1.29 is 14.3 Å². The third kappa shape index (κ3) is 3.98. The quantitative estimate of drug-likeness (QED) is 0.672. The molecule has 0 N–H and O–H groups in total. The third-order valence-electron chi connectivity index (χ3n) is 6.98. The molecule has 31 heavy (non-hydrogen) atoms. The molecule has 0 bridgehead atoms. The number of amides is 2. The highest BCUT2D eigenvalue weighted by Gasteiger charge is 2.51. The van der Waals surface area contributed by atoms with E-state index in [1.165, 1.54) is 21.6 Å². The molecule has 162 valence electrons. The average molecular weight is 420 g/mol. The van der Waals surface area contributed by atoms with E-state index < -0.39 is 0 Å². The van der Waals surface area contributed by atoms with Crippen LogP contribution in [-0.2, 0) is 29.1 Å². The Morgan fingerprint density at radius 2 is 1.55 bits per heavy atom. The maximum absolute atomic E-state index is 13.0. The number of methoxy groups -OCH3 is 1. The number of hydrogen-bond donors (Lipinski definition) is 0. The van der Waals surface area contributed by atoms with Crippen LogP contribution in [0, 0.1) is 11.8 Å². The number of likely N-dealkylation sites (tertiary alicyclic amines) is 2. The Hall–Kier alpha value is -2.70. The summed E-state index contributed by atoms with van der Waals surface area (Å²) in [5.41, 5.74) is 3.94. The minimum atomic E-state index is -0.187. The number of fused-ring (bicyclic) bond motifs is 2. The van der Waals surface area contributed by atoms with Crippen LogP contribution >= 0.6 is 0 Å². The van der Waals surface area contributed by atoms with E-state index in [9.17, 15) is 9.59 Å². The lowest BCUT2D eigenvalue weighted by Gasteiger charge is -2.30. The molecule has 6 nitrogen and oxygen atoms in total. The Balaban J connectivity index is 1.15. The van der Waals surface area contributed by atoms with Gasteiger partial charge >= 0.3 is 0 Å². The van der Waals surface area contributed by atoms with E-state index in [-0.39, 0.29) is 23.7 Å². The number of rotatable bonds is 6. The van der Waals surface area contributed by atoms with Crippen molar-refractivity contribution >= 4 is 11.8 Å². The second-order valence-electron chi connectivity index (χ2n) is 8.88.